The van der Waals surface area contributed by atoms with Gasteiger partial charge in [-0.3, -0.25) is 24.1 Å². The lowest BCUT2D eigenvalue weighted by atomic mass is 9.71. The van der Waals surface area contributed by atoms with Gasteiger partial charge in [-0.05, 0) is 57.2 Å². The maximum Gasteiger partial charge on any atom is 0.330 e. The van der Waals surface area contributed by atoms with Gasteiger partial charge in [-0.2, -0.15) is 5.10 Å². The number of carbonyl (C=O) groups excluding carboxylic acids is 1. The average molecular weight is 627 g/mol. The minimum absolute atomic E-state index is 0.0219. The van der Waals surface area contributed by atoms with E-state index in [2.05, 4.69) is 15.1 Å². The number of aromatic hydroxyl groups is 2. The number of para-hydroxylation sites is 1. The number of ether oxygens (including phenoxy) is 1. The number of Topliss-reactive ketones (excluding diaryl/α,β-unsaturated/α-hetero) is 1. The standard InChI is InChI=1S/C35H26N6O6/c1-17-28(42)26(22-13-12-21-32(37-22)40(34(46)38-33(21)45)16-19-9-7-8-14-36-19)30-27(29(17)43)35(3)24(47-30)15-23-25(31(35)44)18(2)39-41(23)20-10-5-4-6-11-20/h4-15,42-43H,16H2,1-3H3,(H,38,45,46)/t35-/m0/s1. The molecular weight excluding hydrogens is 600 g/mol. The van der Waals surface area contributed by atoms with E-state index >= 15 is 0 Å². The topological polar surface area (TPSA) is 165 Å². The van der Waals surface area contributed by atoms with Gasteiger partial charge in [0.2, 0.25) is 0 Å². The zero-order chi connectivity index (χ0) is 32.8. The van der Waals surface area contributed by atoms with Gasteiger partial charge in [-0.25, -0.2) is 14.5 Å². The summed E-state index contributed by atoms with van der Waals surface area (Å²) in [7, 11) is 0. The Hall–Kier alpha value is -6.30. The number of H-pyrrole nitrogens is 1. The molecule has 2 aliphatic rings. The van der Waals surface area contributed by atoms with E-state index in [1.54, 1.807) is 49.0 Å². The third kappa shape index (κ3) is 3.87. The second-order valence-corrected chi connectivity index (χ2v) is 11.8. The van der Waals surface area contributed by atoms with E-state index in [1.165, 1.54) is 23.6 Å². The summed E-state index contributed by atoms with van der Waals surface area (Å²) in [6, 6.07) is 17.7. The molecule has 47 heavy (non-hydrogen) atoms. The van der Waals surface area contributed by atoms with Crippen molar-refractivity contribution in [2.75, 3.05) is 0 Å². The number of pyridine rings is 2. The van der Waals surface area contributed by atoms with Crippen LogP contribution in [0, 0.1) is 13.8 Å². The van der Waals surface area contributed by atoms with Crippen LogP contribution in [0.4, 0.5) is 0 Å². The maximum absolute atomic E-state index is 14.5. The number of hydrogen-bond donors (Lipinski definition) is 3. The molecule has 12 heteroatoms. The molecule has 12 nitrogen and oxygen atoms in total. The summed E-state index contributed by atoms with van der Waals surface area (Å²) in [5.74, 6) is -0.646. The normalized spacial score (nSPS) is 16.4. The summed E-state index contributed by atoms with van der Waals surface area (Å²) in [4.78, 5) is 51.6. The molecule has 0 spiro atoms. The third-order valence-corrected chi connectivity index (χ3v) is 9.03. The van der Waals surface area contributed by atoms with Gasteiger partial charge >= 0.3 is 5.69 Å². The SMILES string of the molecule is Cc1nn(-c2ccccc2)c2c1C(=O)[C@@]1(C)C(=C2)Oc2c(-c3ccc4c(=O)[nH]c(=O)n(Cc5ccccn5)c4n3)c(O)c(C)c(O)c21. The van der Waals surface area contributed by atoms with Gasteiger partial charge in [-0.15, -0.1) is 0 Å². The number of benzene rings is 2. The van der Waals surface area contributed by atoms with E-state index in [0.29, 0.717) is 22.6 Å². The number of nitrogens with zero attached hydrogens (tertiary/aromatic N) is 5. The Kier molecular flexibility index (Phi) is 5.91. The van der Waals surface area contributed by atoms with Crippen molar-refractivity contribution >= 4 is 22.9 Å². The number of allylic oxidation sites excluding steroid dienone is 1. The monoisotopic (exact) mass is 626 g/mol. The lowest BCUT2D eigenvalue weighted by Crippen LogP contribution is -2.36. The van der Waals surface area contributed by atoms with E-state index in [1.807, 2.05) is 30.3 Å². The summed E-state index contributed by atoms with van der Waals surface area (Å²) in [5, 5.41) is 27.8. The van der Waals surface area contributed by atoms with Crippen LogP contribution < -0.4 is 16.0 Å². The molecule has 0 bridgehead atoms. The summed E-state index contributed by atoms with van der Waals surface area (Å²) >= 11 is 0. The minimum Gasteiger partial charge on any atom is -0.507 e. The Balaban J connectivity index is 1.35. The van der Waals surface area contributed by atoms with Crippen molar-refractivity contribution < 1.29 is 19.7 Å². The first-order chi connectivity index (χ1) is 22.6. The zero-order valence-electron chi connectivity index (χ0n) is 25.4. The second-order valence-electron chi connectivity index (χ2n) is 11.8. The largest absolute Gasteiger partial charge is 0.507 e. The quantitative estimate of drug-likeness (QED) is 0.259. The van der Waals surface area contributed by atoms with E-state index in [4.69, 9.17) is 9.72 Å². The predicted molar refractivity (Wildman–Crippen MR) is 172 cm³/mol. The number of aromatic amines is 1. The van der Waals surface area contributed by atoms with Crippen LogP contribution in [-0.4, -0.2) is 45.3 Å². The Morgan fingerprint density at radius 2 is 1.70 bits per heavy atom. The number of rotatable bonds is 4. The minimum atomic E-state index is -1.45. The van der Waals surface area contributed by atoms with Crippen molar-refractivity contribution in [2.45, 2.75) is 32.7 Å². The summed E-state index contributed by atoms with van der Waals surface area (Å²) < 4.78 is 9.38. The Morgan fingerprint density at radius 1 is 0.936 bits per heavy atom. The molecule has 8 rings (SSSR count). The number of aryl methyl sites for hydroxylation is 1. The number of aromatic nitrogens is 6. The Labute approximate surface area is 265 Å². The Morgan fingerprint density at radius 3 is 2.45 bits per heavy atom. The lowest BCUT2D eigenvalue weighted by Gasteiger charge is -2.27. The van der Waals surface area contributed by atoms with Crippen LogP contribution in [-0.2, 0) is 12.0 Å². The lowest BCUT2D eigenvalue weighted by molar-refractivity contribution is 0.0905. The number of hydrogen-bond acceptors (Lipinski definition) is 9. The summed E-state index contributed by atoms with van der Waals surface area (Å²) in [5.41, 5.74) is 0.608. The van der Waals surface area contributed by atoms with Crippen molar-refractivity contribution in [3.63, 3.8) is 0 Å². The van der Waals surface area contributed by atoms with Crippen LogP contribution in [0.2, 0.25) is 0 Å². The van der Waals surface area contributed by atoms with Gasteiger partial charge in [0.05, 0.1) is 57.1 Å². The van der Waals surface area contributed by atoms with Crippen molar-refractivity contribution in [3.8, 4) is 34.2 Å². The van der Waals surface area contributed by atoms with Crippen molar-refractivity contribution in [3.05, 3.63) is 127 Å². The first-order valence-electron chi connectivity index (χ1n) is 14.8. The number of phenols is 2. The van der Waals surface area contributed by atoms with Gasteiger partial charge < -0.3 is 14.9 Å². The van der Waals surface area contributed by atoms with Gasteiger partial charge in [0.25, 0.3) is 5.56 Å². The molecular formula is C35H26N6O6. The van der Waals surface area contributed by atoms with E-state index in [0.717, 1.165) is 5.69 Å². The van der Waals surface area contributed by atoms with Crippen molar-refractivity contribution in [2.24, 2.45) is 0 Å². The number of nitrogens with one attached hydrogen (secondary N) is 1. The highest BCUT2D eigenvalue weighted by molar-refractivity contribution is 6.14. The molecule has 1 aliphatic carbocycles. The molecule has 232 valence electrons. The molecule has 0 saturated heterocycles. The van der Waals surface area contributed by atoms with Gasteiger partial charge in [0, 0.05) is 17.8 Å². The fourth-order valence-electron chi connectivity index (χ4n) is 6.56. The van der Waals surface area contributed by atoms with E-state index < -0.39 is 16.7 Å². The van der Waals surface area contributed by atoms with Crippen LogP contribution >= 0.6 is 0 Å². The molecule has 6 aromatic rings. The second kappa shape index (κ2) is 9.85. The molecule has 0 saturated carbocycles. The summed E-state index contributed by atoms with van der Waals surface area (Å²) in [6.07, 6.45) is 3.33. The number of carbonyl (C=O) groups is 1. The molecule has 1 aliphatic heterocycles. The van der Waals surface area contributed by atoms with Gasteiger partial charge in [-0.1, -0.05) is 24.3 Å². The van der Waals surface area contributed by atoms with Crippen molar-refractivity contribution in [1.82, 2.24) is 29.3 Å². The van der Waals surface area contributed by atoms with Crippen LogP contribution in [0.25, 0.3) is 34.1 Å². The number of ketones is 1. The molecule has 0 radical (unpaired) electrons. The number of phenolic OH excluding ortho intramolecular Hbond substituents is 2. The summed E-state index contributed by atoms with van der Waals surface area (Å²) in [6.45, 7) is 4.98. The first-order valence-corrected chi connectivity index (χ1v) is 14.8. The van der Waals surface area contributed by atoms with Gasteiger partial charge in [0.15, 0.2) is 11.4 Å². The van der Waals surface area contributed by atoms with Crippen LogP contribution in [0.15, 0.2) is 82.2 Å². The highest BCUT2D eigenvalue weighted by Gasteiger charge is 2.55. The smallest absolute Gasteiger partial charge is 0.330 e. The fourth-order valence-corrected chi connectivity index (χ4v) is 6.56. The van der Waals surface area contributed by atoms with E-state index in [-0.39, 0.29) is 68.8 Å². The predicted octanol–water partition coefficient (Wildman–Crippen LogP) is 4.30. The average Bonchev–Trinajstić information content (AvgIpc) is 3.56. The van der Waals surface area contributed by atoms with Crippen LogP contribution in [0.3, 0.4) is 0 Å². The van der Waals surface area contributed by atoms with Gasteiger partial charge in [0.1, 0.15) is 28.4 Å². The molecule has 4 aromatic heterocycles. The molecule has 1 atom stereocenters. The molecule has 0 amide bonds. The fraction of sp³-hybridized carbons (Fsp3) is 0.143. The van der Waals surface area contributed by atoms with Crippen LogP contribution in [0.1, 0.15) is 45.5 Å². The molecule has 0 fully saturated rings. The molecule has 3 N–H and O–H groups in total. The Bertz CT molecular complexity index is 2480. The molecule has 2 aromatic carbocycles. The third-order valence-electron chi connectivity index (χ3n) is 9.03. The molecule has 0 unspecified atom stereocenters. The van der Waals surface area contributed by atoms with Crippen molar-refractivity contribution in [1.29, 1.82) is 0 Å². The van der Waals surface area contributed by atoms with Crippen LogP contribution in [0.5, 0.6) is 17.2 Å². The first kappa shape index (κ1) is 28.2. The number of fused-ring (bicyclic) bond motifs is 5. The highest BCUT2D eigenvalue weighted by atomic mass is 16.5. The highest BCUT2D eigenvalue weighted by Crippen LogP contribution is 2.60. The molecule has 5 heterocycles. The maximum atomic E-state index is 14.5. The zero-order valence-corrected chi connectivity index (χ0v) is 25.4. The van der Waals surface area contributed by atoms with E-state index in [9.17, 15) is 24.6 Å².